The van der Waals surface area contributed by atoms with Gasteiger partial charge in [-0.3, -0.25) is 0 Å². The molecular weight excluding hydrogens is 345 g/mol. The van der Waals surface area contributed by atoms with Crippen LogP contribution in [0.5, 0.6) is 0 Å². The molecule has 2 atom stereocenters. The summed E-state index contributed by atoms with van der Waals surface area (Å²) in [5.74, 6) is 1.83. The molecule has 5 nitrogen and oxygen atoms in total. The number of anilines is 2. The summed E-state index contributed by atoms with van der Waals surface area (Å²) in [6.45, 7) is 3.08. The number of nitrogen functional groups attached to an aromatic ring is 1. The van der Waals surface area contributed by atoms with Crippen molar-refractivity contribution in [1.29, 1.82) is 0 Å². The molecule has 2 aliphatic heterocycles. The SMILES string of the molecule is Nc1nc(-c2ccc(Cl)c(Cl)c2)cc(N2C[C@H]3CCCN[C@H]3C2)n1. The molecule has 24 heavy (non-hydrogen) atoms. The van der Waals surface area contributed by atoms with Crippen molar-refractivity contribution in [1.82, 2.24) is 15.3 Å². The maximum Gasteiger partial charge on any atom is 0.222 e. The van der Waals surface area contributed by atoms with E-state index in [4.69, 9.17) is 28.9 Å². The third-order valence-electron chi connectivity index (χ3n) is 4.87. The molecule has 0 saturated carbocycles. The summed E-state index contributed by atoms with van der Waals surface area (Å²) >= 11 is 12.1. The molecule has 0 radical (unpaired) electrons. The van der Waals surface area contributed by atoms with Gasteiger partial charge in [0.05, 0.1) is 15.7 Å². The topological polar surface area (TPSA) is 67.1 Å². The molecule has 3 N–H and O–H groups in total. The highest BCUT2D eigenvalue weighted by Crippen LogP contribution is 2.32. The smallest absolute Gasteiger partial charge is 0.222 e. The van der Waals surface area contributed by atoms with Crippen molar-refractivity contribution in [2.24, 2.45) is 5.92 Å². The van der Waals surface area contributed by atoms with Crippen LogP contribution in [0, 0.1) is 5.92 Å². The number of fused-ring (bicyclic) bond motifs is 1. The second-order valence-electron chi connectivity index (χ2n) is 6.47. The molecule has 1 aromatic carbocycles. The van der Waals surface area contributed by atoms with Gasteiger partial charge in [-0.25, -0.2) is 4.98 Å². The zero-order valence-electron chi connectivity index (χ0n) is 13.2. The summed E-state index contributed by atoms with van der Waals surface area (Å²) in [6, 6.07) is 7.99. The van der Waals surface area contributed by atoms with Crippen LogP contribution in [0.3, 0.4) is 0 Å². The largest absolute Gasteiger partial charge is 0.368 e. The van der Waals surface area contributed by atoms with Crippen LogP contribution in [0.4, 0.5) is 11.8 Å². The number of nitrogens with two attached hydrogens (primary N) is 1. The molecule has 126 valence electrons. The first kappa shape index (κ1) is 15.9. The van der Waals surface area contributed by atoms with Crippen LogP contribution in [0.15, 0.2) is 24.3 Å². The van der Waals surface area contributed by atoms with E-state index in [0.29, 0.717) is 22.0 Å². The number of piperidine rings is 1. The molecule has 0 bridgehead atoms. The summed E-state index contributed by atoms with van der Waals surface area (Å²) in [4.78, 5) is 11.1. The van der Waals surface area contributed by atoms with Gasteiger partial charge in [0.1, 0.15) is 5.82 Å². The number of aromatic nitrogens is 2. The van der Waals surface area contributed by atoms with Crippen molar-refractivity contribution in [3.05, 3.63) is 34.3 Å². The summed E-state index contributed by atoms with van der Waals surface area (Å²) in [5, 5.41) is 4.64. The van der Waals surface area contributed by atoms with E-state index in [0.717, 1.165) is 36.7 Å². The fourth-order valence-corrected chi connectivity index (χ4v) is 3.95. The first-order valence-corrected chi connectivity index (χ1v) is 8.94. The molecule has 7 heteroatoms. The number of halogens is 2. The van der Waals surface area contributed by atoms with Gasteiger partial charge in [0.2, 0.25) is 5.95 Å². The van der Waals surface area contributed by atoms with Crippen molar-refractivity contribution >= 4 is 35.0 Å². The van der Waals surface area contributed by atoms with Gasteiger partial charge in [0.25, 0.3) is 0 Å². The number of nitrogens with zero attached hydrogens (tertiary/aromatic N) is 3. The second kappa shape index (κ2) is 6.39. The molecule has 1 aromatic heterocycles. The third-order valence-corrected chi connectivity index (χ3v) is 5.61. The fraction of sp³-hybridized carbons (Fsp3) is 0.412. The van der Waals surface area contributed by atoms with E-state index >= 15 is 0 Å². The predicted molar refractivity (Wildman–Crippen MR) is 98.6 cm³/mol. The first-order valence-electron chi connectivity index (χ1n) is 8.18. The van der Waals surface area contributed by atoms with Crippen molar-refractivity contribution in [3.63, 3.8) is 0 Å². The van der Waals surface area contributed by atoms with Crippen LogP contribution in [-0.2, 0) is 0 Å². The Kier molecular flexibility index (Phi) is 4.24. The lowest BCUT2D eigenvalue weighted by atomic mass is 9.94. The number of benzene rings is 1. The van der Waals surface area contributed by atoms with Gasteiger partial charge < -0.3 is 16.0 Å². The van der Waals surface area contributed by atoms with E-state index in [2.05, 4.69) is 20.2 Å². The molecule has 2 saturated heterocycles. The van der Waals surface area contributed by atoms with E-state index in [-0.39, 0.29) is 5.95 Å². The highest BCUT2D eigenvalue weighted by molar-refractivity contribution is 6.42. The lowest BCUT2D eigenvalue weighted by Gasteiger charge is -2.24. The van der Waals surface area contributed by atoms with E-state index in [9.17, 15) is 0 Å². The zero-order chi connectivity index (χ0) is 16.7. The van der Waals surface area contributed by atoms with Gasteiger partial charge in [-0.1, -0.05) is 29.3 Å². The minimum atomic E-state index is 0.274. The number of rotatable bonds is 2. The maximum absolute atomic E-state index is 6.13. The van der Waals surface area contributed by atoms with Gasteiger partial charge in [0, 0.05) is 30.8 Å². The Hall–Kier alpha value is -1.56. The minimum absolute atomic E-state index is 0.274. The van der Waals surface area contributed by atoms with Crippen LogP contribution in [0.2, 0.25) is 10.0 Å². The van der Waals surface area contributed by atoms with Crippen molar-refractivity contribution in [3.8, 4) is 11.3 Å². The maximum atomic E-state index is 6.13. The highest BCUT2D eigenvalue weighted by Gasteiger charge is 2.35. The quantitative estimate of drug-likeness (QED) is 0.857. The average Bonchev–Trinajstić information content (AvgIpc) is 3.01. The van der Waals surface area contributed by atoms with Gasteiger partial charge in [0.15, 0.2) is 0 Å². The van der Waals surface area contributed by atoms with Crippen molar-refractivity contribution < 1.29 is 0 Å². The Morgan fingerprint density at radius 3 is 2.79 bits per heavy atom. The van der Waals surface area contributed by atoms with E-state index < -0.39 is 0 Å². The monoisotopic (exact) mass is 363 g/mol. The molecule has 2 fully saturated rings. The van der Waals surface area contributed by atoms with E-state index in [1.807, 2.05) is 12.1 Å². The Morgan fingerprint density at radius 2 is 2.00 bits per heavy atom. The Bertz CT molecular complexity index is 753. The van der Waals surface area contributed by atoms with E-state index in [1.54, 1.807) is 12.1 Å². The molecular formula is C17H19Cl2N5. The summed E-state index contributed by atoms with van der Waals surface area (Å²) in [5.41, 5.74) is 7.60. The summed E-state index contributed by atoms with van der Waals surface area (Å²) in [6.07, 6.45) is 2.52. The van der Waals surface area contributed by atoms with Crippen LogP contribution >= 0.6 is 23.2 Å². The van der Waals surface area contributed by atoms with Gasteiger partial charge >= 0.3 is 0 Å². The fourth-order valence-electron chi connectivity index (χ4n) is 3.65. The minimum Gasteiger partial charge on any atom is -0.368 e. The highest BCUT2D eigenvalue weighted by atomic mass is 35.5. The lowest BCUT2D eigenvalue weighted by Crippen LogP contribution is -2.40. The lowest BCUT2D eigenvalue weighted by molar-refractivity contribution is 0.340. The molecule has 2 aromatic rings. The standard InChI is InChI=1S/C17H19Cl2N5/c18-12-4-3-10(6-13(12)19)14-7-16(23-17(20)22-14)24-8-11-2-1-5-21-15(11)9-24/h3-4,6-7,11,15,21H,1-2,5,8-9H2,(H2,20,22,23)/t11-,15+/m1/s1. The Morgan fingerprint density at radius 1 is 1.12 bits per heavy atom. The van der Waals surface area contributed by atoms with Crippen LogP contribution in [0.1, 0.15) is 12.8 Å². The molecule has 4 rings (SSSR count). The zero-order valence-corrected chi connectivity index (χ0v) is 14.7. The molecule has 2 aliphatic rings. The molecule has 0 aliphatic carbocycles. The predicted octanol–water partition coefficient (Wildman–Crippen LogP) is 3.22. The summed E-state index contributed by atoms with van der Waals surface area (Å²) < 4.78 is 0. The molecule has 3 heterocycles. The first-order chi connectivity index (χ1) is 11.6. The number of hydrogen-bond donors (Lipinski definition) is 2. The molecule has 0 amide bonds. The van der Waals surface area contributed by atoms with Gasteiger partial charge in [-0.05, 0) is 37.4 Å². The van der Waals surface area contributed by atoms with Gasteiger partial charge in [-0.2, -0.15) is 4.98 Å². The van der Waals surface area contributed by atoms with E-state index in [1.165, 1.54) is 12.8 Å². The molecule has 0 spiro atoms. The van der Waals surface area contributed by atoms with Crippen molar-refractivity contribution in [2.75, 3.05) is 30.3 Å². The Labute approximate surface area is 151 Å². The Balaban J connectivity index is 1.65. The summed E-state index contributed by atoms with van der Waals surface area (Å²) in [7, 11) is 0. The number of hydrogen-bond acceptors (Lipinski definition) is 5. The average molecular weight is 364 g/mol. The van der Waals surface area contributed by atoms with Gasteiger partial charge in [-0.15, -0.1) is 0 Å². The van der Waals surface area contributed by atoms with Crippen LogP contribution in [-0.4, -0.2) is 35.6 Å². The normalized spacial score (nSPS) is 23.3. The second-order valence-corrected chi connectivity index (χ2v) is 7.28. The van der Waals surface area contributed by atoms with Crippen molar-refractivity contribution in [2.45, 2.75) is 18.9 Å². The number of nitrogens with one attached hydrogen (secondary N) is 1. The molecule has 0 unspecified atom stereocenters. The third kappa shape index (κ3) is 3.04. The van der Waals surface area contributed by atoms with Crippen LogP contribution in [0.25, 0.3) is 11.3 Å². The van der Waals surface area contributed by atoms with Crippen LogP contribution < -0.4 is 16.0 Å².